The van der Waals surface area contributed by atoms with Gasteiger partial charge in [-0.1, -0.05) is 22.4 Å². The van der Waals surface area contributed by atoms with Crippen molar-refractivity contribution in [3.8, 4) is 5.75 Å². The van der Waals surface area contributed by atoms with Gasteiger partial charge in [0.2, 0.25) is 5.91 Å². The first-order chi connectivity index (χ1) is 21.7. The zero-order valence-electron chi connectivity index (χ0n) is 25.0. The maximum Gasteiger partial charge on any atom is 0.315 e. The van der Waals surface area contributed by atoms with E-state index in [-0.39, 0.29) is 46.5 Å². The fourth-order valence-corrected chi connectivity index (χ4v) is 9.25. The number of nitrogens with zero attached hydrogens (tertiary/aromatic N) is 7. The lowest BCUT2D eigenvalue weighted by Crippen LogP contribution is -2.41. The van der Waals surface area contributed by atoms with E-state index in [0.717, 1.165) is 22.8 Å². The first-order valence-electron chi connectivity index (χ1n) is 14.2. The van der Waals surface area contributed by atoms with Crippen LogP contribution in [0.15, 0.2) is 34.5 Å². The number of amides is 3. The molecule has 0 saturated carbocycles. The highest BCUT2D eigenvalue weighted by molar-refractivity contribution is 8.00. The molecule has 1 aromatic rings. The predicted molar refractivity (Wildman–Crippen MR) is 166 cm³/mol. The van der Waals surface area contributed by atoms with Crippen LogP contribution in [0.2, 0.25) is 0 Å². The Kier molecular flexibility index (Phi) is 11.9. The van der Waals surface area contributed by atoms with Gasteiger partial charge in [-0.25, -0.2) is 4.79 Å². The Morgan fingerprint density at radius 3 is 2.13 bits per heavy atom. The van der Waals surface area contributed by atoms with E-state index in [9.17, 15) is 19.2 Å². The summed E-state index contributed by atoms with van der Waals surface area (Å²) in [4.78, 5) is 54.5. The van der Waals surface area contributed by atoms with Gasteiger partial charge in [0.15, 0.2) is 0 Å². The molecule has 8 atom stereocenters. The number of azide groups is 2. The number of hydrogen-bond acceptors (Lipinski definition) is 11. The quantitative estimate of drug-likeness (QED) is 0.117. The minimum absolute atomic E-state index is 0.0245. The standard InChI is InChI=1S/C18H22N4O4S.C9H13N5O3S/c1-25-13-5-3-11(4-6-13)9-22-16(23)7-12-10-27-15(17(12)22)8-14(20-21-19)18(24)26-2;1-17-8(15)4(13-14-10)2-6-7-5(3-18-6)11-9(16)12-7/h3-6,12,14-15,17H,7-10H2,1-2H3;4-7H,2-3H2,1H3,(H2,11,12,16)/t12-,14?,15-,17-;4?,5-,6-,7-/m00/s1. The first kappa shape index (κ1) is 33.9. The molecule has 45 heavy (non-hydrogen) atoms. The Labute approximate surface area is 267 Å². The molecule has 16 nitrogen and oxygen atoms in total. The van der Waals surface area contributed by atoms with E-state index in [1.54, 1.807) is 30.6 Å². The molecule has 4 saturated heterocycles. The Balaban J connectivity index is 0.000000222. The summed E-state index contributed by atoms with van der Waals surface area (Å²) >= 11 is 3.38. The van der Waals surface area contributed by atoms with Crippen LogP contribution in [-0.4, -0.2) is 102 Å². The number of urea groups is 1. The molecular weight excluding hydrogens is 626 g/mol. The van der Waals surface area contributed by atoms with Crippen LogP contribution in [-0.2, 0) is 30.4 Å². The van der Waals surface area contributed by atoms with Crippen molar-refractivity contribution in [1.82, 2.24) is 15.5 Å². The number of esters is 2. The molecule has 18 heteroatoms. The normalized spacial score (nSPS) is 27.2. The van der Waals surface area contributed by atoms with Crippen LogP contribution in [0, 0.1) is 5.92 Å². The zero-order valence-corrected chi connectivity index (χ0v) is 26.6. The van der Waals surface area contributed by atoms with E-state index in [4.69, 9.17) is 20.5 Å². The number of ether oxygens (including phenoxy) is 3. The van der Waals surface area contributed by atoms with Crippen molar-refractivity contribution in [2.75, 3.05) is 32.8 Å². The van der Waals surface area contributed by atoms with Crippen molar-refractivity contribution in [3.05, 3.63) is 50.7 Å². The van der Waals surface area contributed by atoms with Crippen molar-refractivity contribution in [1.29, 1.82) is 0 Å². The van der Waals surface area contributed by atoms with Crippen molar-refractivity contribution in [2.45, 2.75) is 66.5 Å². The van der Waals surface area contributed by atoms with Crippen molar-refractivity contribution in [3.63, 3.8) is 0 Å². The molecule has 4 heterocycles. The number of rotatable bonds is 11. The summed E-state index contributed by atoms with van der Waals surface area (Å²) in [5.74, 6) is 1.73. The summed E-state index contributed by atoms with van der Waals surface area (Å²) in [7, 11) is 4.15. The lowest BCUT2D eigenvalue weighted by Gasteiger charge is -2.30. The Bertz CT molecular complexity index is 1360. The molecule has 0 spiro atoms. The van der Waals surface area contributed by atoms with Gasteiger partial charge < -0.3 is 29.7 Å². The largest absolute Gasteiger partial charge is 0.497 e. The van der Waals surface area contributed by atoms with Gasteiger partial charge in [0, 0.05) is 45.1 Å². The molecule has 242 valence electrons. The number of hydrogen-bond donors (Lipinski definition) is 2. The number of likely N-dealkylation sites (tertiary alicyclic amines) is 1. The van der Waals surface area contributed by atoms with E-state index in [2.05, 4.69) is 35.4 Å². The van der Waals surface area contributed by atoms with E-state index >= 15 is 0 Å². The van der Waals surface area contributed by atoms with E-state index in [1.807, 2.05) is 29.2 Å². The second kappa shape index (κ2) is 15.8. The van der Waals surface area contributed by atoms with Crippen LogP contribution in [0.1, 0.15) is 24.8 Å². The van der Waals surface area contributed by atoms with E-state index < -0.39 is 24.0 Å². The highest BCUT2D eigenvalue weighted by Gasteiger charge is 2.49. The van der Waals surface area contributed by atoms with Gasteiger partial charge in [0.05, 0.1) is 33.4 Å². The highest BCUT2D eigenvalue weighted by Crippen LogP contribution is 2.44. The SMILES string of the molecule is COC(=O)C(C[C@@H]1SC[C@@H]2CC(=O)N(Cc3ccc(OC)cc3)[C@@H]21)N=[N+]=[N-].COC(=O)C(C[C@@H]1SC[C@@H]2NC(=O)N[C@@H]21)N=[N+]=[N-]. The molecule has 1 aromatic carbocycles. The Hall–Kier alpha value is -3.98. The van der Waals surface area contributed by atoms with Crippen LogP contribution in [0.3, 0.4) is 0 Å². The van der Waals surface area contributed by atoms with Crippen LogP contribution in [0.25, 0.3) is 20.9 Å². The molecule has 2 N–H and O–H groups in total. The first-order valence-corrected chi connectivity index (χ1v) is 16.3. The number of thioether (sulfide) groups is 2. The third-order valence-corrected chi connectivity index (χ3v) is 11.2. The van der Waals surface area contributed by atoms with Gasteiger partial charge in [-0.15, -0.1) is 0 Å². The van der Waals surface area contributed by atoms with E-state index in [0.29, 0.717) is 25.8 Å². The molecule has 0 aliphatic carbocycles. The molecule has 4 fully saturated rings. The summed E-state index contributed by atoms with van der Waals surface area (Å²) in [6.07, 6.45) is 1.26. The molecule has 0 aromatic heterocycles. The summed E-state index contributed by atoms with van der Waals surface area (Å²) < 4.78 is 14.5. The van der Waals surface area contributed by atoms with Crippen LogP contribution >= 0.6 is 23.5 Å². The minimum Gasteiger partial charge on any atom is -0.497 e. The average molecular weight is 662 g/mol. The average Bonchev–Trinajstić information content (AvgIpc) is 3.79. The van der Waals surface area contributed by atoms with Crippen LogP contribution in [0.4, 0.5) is 4.79 Å². The van der Waals surface area contributed by atoms with Crippen LogP contribution < -0.4 is 15.4 Å². The fraction of sp³-hybridized carbons (Fsp3) is 0.630. The molecule has 3 amide bonds. The monoisotopic (exact) mass is 661 g/mol. The van der Waals surface area contributed by atoms with Gasteiger partial charge in [0.25, 0.3) is 0 Å². The predicted octanol–water partition coefficient (Wildman–Crippen LogP) is 3.16. The minimum atomic E-state index is -0.866. The lowest BCUT2D eigenvalue weighted by atomic mass is 9.96. The molecule has 2 unspecified atom stereocenters. The van der Waals surface area contributed by atoms with Crippen LogP contribution in [0.5, 0.6) is 5.75 Å². The van der Waals surface area contributed by atoms with Gasteiger partial charge in [-0.3, -0.25) is 14.4 Å². The summed E-state index contributed by atoms with van der Waals surface area (Å²) in [5.41, 5.74) is 18.2. The molecule has 0 radical (unpaired) electrons. The van der Waals surface area contributed by atoms with Crippen molar-refractivity contribution < 1.29 is 33.4 Å². The number of methoxy groups -OCH3 is 3. The summed E-state index contributed by atoms with van der Waals surface area (Å²) in [6.45, 7) is 0.519. The van der Waals surface area contributed by atoms with Gasteiger partial charge in [-0.05, 0) is 53.3 Å². The smallest absolute Gasteiger partial charge is 0.315 e. The molecular formula is C27H35N9O7S2. The molecule has 4 aliphatic rings. The molecule has 0 bridgehead atoms. The molecule has 5 rings (SSSR count). The van der Waals surface area contributed by atoms with Crippen molar-refractivity contribution >= 4 is 47.4 Å². The third-order valence-electron chi connectivity index (χ3n) is 8.20. The topological polar surface area (TPSA) is 221 Å². The fourth-order valence-electron chi connectivity index (χ4n) is 6.03. The molecule has 4 aliphatic heterocycles. The van der Waals surface area contributed by atoms with Gasteiger partial charge in [0.1, 0.15) is 17.8 Å². The second-order valence-corrected chi connectivity index (χ2v) is 13.3. The summed E-state index contributed by atoms with van der Waals surface area (Å²) in [5, 5.41) is 12.7. The van der Waals surface area contributed by atoms with Gasteiger partial charge >= 0.3 is 18.0 Å². The third kappa shape index (κ3) is 8.19. The summed E-state index contributed by atoms with van der Waals surface area (Å²) in [6, 6.07) is 5.86. The second-order valence-electron chi connectivity index (χ2n) is 10.8. The number of nitrogens with one attached hydrogen (secondary N) is 2. The maximum absolute atomic E-state index is 12.6. The van der Waals surface area contributed by atoms with Gasteiger partial charge in [-0.2, -0.15) is 23.5 Å². The maximum atomic E-state index is 12.6. The Morgan fingerprint density at radius 1 is 0.956 bits per heavy atom. The number of benzene rings is 1. The number of fused-ring (bicyclic) bond motifs is 2. The number of carbonyl (C=O) groups excluding carboxylic acids is 4. The lowest BCUT2D eigenvalue weighted by molar-refractivity contribution is -0.143. The zero-order chi connectivity index (χ0) is 32.5. The number of carbonyl (C=O) groups is 4. The highest BCUT2D eigenvalue weighted by atomic mass is 32.2. The van der Waals surface area contributed by atoms with Crippen molar-refractivity contribution in [2.24, 2.45) is 16.1 Å². The Morgan fingerprint density at radius 2 is 1.56 bits per heavy atom. The van der Waals surface area contributed by atoms with E-state index in [1.165, 1.54) is 14.2 Å².